The van der Waals surface area contributed by atoms with Crippen LogP contribution in [0.25, 0.3) is 11.6 Å². The van der Waals surface area contributed by atoms with E-state index in [4.69, 9.17) is 16.3 Å². The van der Waals surface area contributed by atoms with Gasteiger partial charge in [-0.15, -0.1) is 0 Å². The predicted molar refractivity (Wildman–Crippen MR) is 134 cm³/mol. The number of anilines is 1. The van der Waals surface area contributed by atoms with Gasteiger partial charge >= 0.3 is 0 Å². The summed E-state index contributed by atoms with van der Waals surface area (Å²) in [5.74, 6) is -0.0166. The SMILES string of the molecule is N#C/C(=C\c1cc(Br)cc(Br)c1OCC(=O)Nc1ccc(Cl)cc1)c1ccc([N+](=O)[O-])cc1. The van der Waals surface area contributed by atoms with Crippen LogP contribution >= 0.6 is 43.5 Å². The van der Waals surface area contributed by atoms with E-state index in [-0.39, 0.29) is 23.8 Å². The van der Waals surface area contributed by atoms with Crippen LogP contribution in [0.3, 0.4) is 0 Å². The van der Waals surface area contributed by atoms with Crippen LogP contribution in [0.5, 0.6) is 5.75 Å². The molecule has 1 N–H and O–H groups in total. The van der Waals surface area contributed by atoms with Gasteiger partial charge in [0.25, 0.3) is 11.6 Å². The highest BCUT2D eigenvalue weighted by Crippen LogP contribution is 2.35. The van der Waals surface area contributed by atoms with E-state index in [9.17, 15) is 20.2 Å². The van der Waals surface area contributed by atoms with Gasteiger partial charge in [-0.05, 0) is 76.1 Å². The van der Waals surface area contributed by atoms with Gasteiger partial charge in [-0.1, -0.05) is 27.5 Å². The molecule has 10 heteroatoms. The zero-order valence-corrected chi connectivity index (χ0v) is 20.6. The second-order valence-corrected chi connectivity index (χ2v) is 8.83. The number of carbonyl (C=O) groups is 1. The van der Waals surface area contributed by atoms with Crippen LogP contribution in [-0.2, 0) is 4.79 Å². The Morgan fingerprint density at radius 3 is 2.42 bits per heavy atom. The van der Waals surface area contributed by atoms with Gasteiger partial charge in [-0.2, -0.15) is 5.26 Å². The van der Waals surface area contributed by atoms with Gasteiger partial charge < -0.3 is 10.1 Å². The van der Waals surface area contributed by atoms with E-state index in [1.807, 2.05) is 0 Å². The maximum Gasteiger partial charge on any atom is 0.269 e. The van der Waals surface area contributed by atoms with Gasteiger partial charge in [0.1, 0.15) is 5.75 Å². The van der Waals surface area contributed by atoms with Gasteiger partial charge in [0, 0.05) is 32.9 Å². The third-order valence-corrected chi connectivity index (χ3v) is 5.62. The number of nitrogens with one attached hydrogen (secondary N) is 1. The first-order chi connectivity index (χ1) is 15.8. The van der Waals surface area contributed by atoms with Crippen molar-refractivity contribution in [2.75, 3.05) is 11.9 Å². The lowest BCUT2D eigenvalue weighted by Gasteiger charge is -2.13. The van der Waals surface area contributed by atoms with Crippen molar-refractivity contribution in [1.29, 1.82) is 5.26 Å². The number of benzene rings is 3. The number of amides is 1. The second-order valence-electron chi connectivity index (χ2n) is 6.62. The minimum Gasteiger partial charge on any atom is -0.482 e. The molecule has 3 aromatic carbocycles. The normalized spacial score (nSPS) is 10.9. The van der Waals surface area contributed by atoms with Gasteiger partial charge in [0.05, 0.1) is 21.0 Å². The Morgan fingerprint density at radius 2 is 1.82 bits per heavy atom. The third kappa shape index (κ3) is 6.65. The molecule has 0 aliphatic carbocycles. The third-order valence-electron chi connectivity index (χ3n) is 4.32. The Bertz CT molecular complexity index is 1270. The summed E-state index contributed by atoms with van der Waals surface area (Å²) in [5, 5.41) is 23.8. The number of non-ortho nitro benzene ring substituents is 1. The summed E-state index contributed by atoms with van der Waals surface area (Å²) in [6.45, 7) is -0.275. The molecule has 7 nitrogen and oxygen atoms in total. The van der Waals surface area contributed by atoms with Crippen molar-refractivity contribution in [3.63, 3.8) is 0 Å². The minimum atomic E-state index is -0.508. The molecular formula is C23H14Br2ClN3O4. The molecule has 0 aliphatic rings. The molecule has 0 unspecified atom stereocenters. The fourth-order valence-electron chi connectivity index (χ4n) is 2.81. The Balaban J connectivity index is 1.85. The average molecular weight is 592 g/mol. The number of nitro groups is 1. The number of nitro benzene ring substituents is 1. The summed E-state index contributed by atoms with van der Waals surface area (Å²) in [4.78, 5) is 22.7. The number of nitriles is 1. The van der Waals surface area contributed by atoms with E-state index >= 15 is 0 Å². The molecule has 0 radical (unpaired) electrons. The van der Waals surface area contributed by atoms with Crippen molar-refractivity contribution in [3.8, 4) is 11.8 Å². The summed E-state index contributed by atoms with van der Waals surface area (Å²) in [5.41, 5.74) is 1.81. The van der Waals surface area contributed by atoms with Crippen LogP contribution in [0.4, 0.5) is 11.4 Å². The summed E-state index contributed by atoms with van der Waals surface area (Å²) < 4.78 is 7.06. The first-order valence-electron chi connectivity index (χ1n) is 9.30. The molecule has 0 saturated carbocycles. The maximum absolute atomic E-state index is 12.3. The highest BCUT2D eigenvalue weighted by Gasteiger charge is 2.14. The molecule has 3 aromatic rings. The van der Waals surface area contributed by atoms with Gasteiger partial charge in [0.15, 0.2) is 6.61 Å². The molecule has 3 rings (SSSR count). The van der Waals surface area contributed by atoms with Crippen molar-refractivity contribution in [1.82, 2.24) is 0 Å². The van der Waals surface area contributed by atoms with Crippen LogP contribution in [0.15, 0.2) is 69.6 Å². The molecule has 0 saturated heterocycles. The zero-order chi connectivity index (χ0) is 24.0. The number of hydrogen-bond donors (Lipinski definition) is 1. The molecule has 166 valence electrons. The number of rotatable bonds is 7. The number of halogens is 3. The molecule has 0 heterocycles. The molecule has 0 fully saturated rings. The Morgan fingerprint density at radius 1 is 1.15 bits per heavy atom. The largest absolute Gasteiger partial charge is 0.482 e. The molecule has 0 bridgehead atoms. The molecule has 33 heavy (non-hydrogen) atoms. The summed E-state index contributed by atoms with van der Waals surface area (Å²) >= 11 is 12.7. The minimum absolute atomic E-state index is 0.0723. The van der Waals surface area contributed by atoms with Gasteiger partial charge in [-0.25, -0.2) is 0 Å². The van der Waals surface area contributed by atoms with Crippen molar-refractivity contribution in [3.05, 3.63) is 95.9 Å². The number of ether oxygens (including phenoxy) is 1. The molecular weight excluding hydrogens is 578 g/mol. The summed E-state index contributed by atoms with van der Waals surface area (Å²) in [6, 6.07) is 17.9. The van der Waals surface area contributed by atoms with E-state index in [1.165, 1.54) is 24.3 Å². The molecule has 0 spiro atoms. The fourth-order valence-corrected chi connectivity index (χ4v) is 4.30. The standard InChI is InChI=1S/C23H14Br2ClN3O4/c24-17-10-15(9-16(12-27)14-1-7-20(8-2-14)29(31)32)23(21(25)11-17)33-13-22(30)28-19-5-3-18(26)4-6-19/h1-11H,13H2,(H,28,30)/b16-9+. The van der Waals surface area contributed by atoms with E-state index in [0.29, 0.717) is 32.1 Å². The quantitative estimate of drug-likeness (QED) is 0.140. The lowest BCUT2D eigenvalue weighted by molar-refractivity contribution is -0.384. The first kappa shape index (κ1) is 24.5. The van der Waals surface area contributed by atoms with Crippen LogP contribution < -0.4 is 10.1 Å². The summed E-state index contributed by atoms with van der Waals surface area (Å²) in [7, 11) is 0. The first-order valence-corrected chi connectivity index (χ1v) is 11.3. The van der Waals surface area contributed by atoms with Crippen molar-refractivity contribution >= 4 is 72.4 Å². The Labute approximate surface area is 211 Å². The maximum atomic E-state index is 12.3. The fraction of sp³-hybridized carbons (Fsp3) is 0.0435. The smallest absolute Gasteiger partial charge is 0.269 e. The lowest BCUT2D eigenvalue weighted by Crippen LogP contribution is -2.20. The predicted octanol–water partition coefficient (Wildman–Crippen LogP) is 6.85. The van der Waals surface area contributed by atoms with E-state index in [2.05, 4.69) is 43.2 Å². The second kappa shape index (κ2) is 11.1. The molecule has 0 atom stereocenters. The number of allylic oxidation sites excluding steroid dienone is 1. The highest BCUT2D eigenvalue weighted by atomic mass is 79.9. The van der Waals surface area contributed by atoms with Crippen LogP contribution in [0, 0.1) is 21.4 Å². The molecule has 0 aliphatic heterocycles. The van der Waals surface area contributed by atoms with Crippen molar-refractivity contribution in [2.24, 2.45) is 0 Å². The summed E-state index contributed by atoms with van der Waals surface area (Å²) in [6.07, 6.45) is 1.59. The lowest BCUT2D eigenvalue weighted by atomic mass is 10.0. The van der Waals surface area contributed by atoms with Crippen molar-refractivity contribution < 1.29 is 14.5 Å². The van der Waals surface area contributed by atoms with Crippen molar-refractivity contribution in [2.45, 2.75) is 0 Å². The Hall–Kier alpha value is -3.19. The van der Waals surface area contributed by atoms with Crippen LogP contribution in [0.2, 0.25) is 5.02 Å². The van der Waals surface area contributed by atoms with E-state index in [0.717, 1.165) is 4.47 Å². The average Bonchev–Trinajstić information content (AvgIpc) is 2.78. The molecule has 1 amide bonds. The van der Waals surface area contributed by atoms with Crippen LogP contribution in [-0.4, -0.2) is 17.4 Å². The zero-order valence-electron chi connectivity index (χ0n) is 16.7. The Kier molecular flexibility index (Phi) is 8.22. The van der Waals surface area contributed by atoms with Gasteiger partial charge in [-0.3, -0.25) is 14.9 Å². The number of carbonyl (C=O) groups excluding carboxylic acids is 1. The van der Waals surface area contributed by atoms with Crippen LogP contribution in [0.1, 0.15) is 11.1 Å². The highest BCUT2D eigenvalue weighted by molar-refractivity contribution is 9.11. The molecule has 0 aromatic heterocycles. The van der Waals surface area contributed by atoms with E-state index < -0.39 is 4.92 Å². The monoisotopic (exact) mass is 589 g/mol. The van der Waals surface area contributed by atoms with Gasteiger partial charge in [0.2, 0.25) is 0 Å². The van der Waals surface area contributed by atoms with E-state index in [1.54, 1.807) is 42.5 Å². The number of nitrogens with zero attached hydrogens (tertiary/aromatic N) is 2. The number of hydrogen-bond acceptors (Lipinski definition) is 5. The topological polar surface area (TPSA) is 105 Å².